The highest BCUT2D eigenvalue weighted by Gasteiger charge is 2.21. The molecule has 1 amide bonds. The fourth-order valence-corrected chi connectivity index (χ4v) is 4.40. The van der Waals surface area contributed by atoms with E-state index < -0.39 is 15.9 Å². The Morgan fingerprint density at radius 1 is 1.32 bits per heavy atom. The number of thioether (sulfide) groups is 1. The van der Waals surface area contributed by atoms with E-state index in [-0.39, 0.29) is 6.54 Å². The number of sulfonamides is 1. The highest BCUT2D eigenvalue weighted by atomic mass is 32.2. The van der Waals surface area contributed by atoms with Crippen LogP contribution in [0.4, 0.5) is 10.8 Å². The van der Waals surface area contributed by atoms with Gasteiger partial charge >= 0.3 is 0 Å². The number of hydrogen-bond donors (Lipinski definition) is 1. The van der Waals surface area contributed by atoms with Crippen LogP contribution in [0.5, 0.6) is 5.75 Å². The molecule has 8 nitrogen and oxygen atoms in total. The Hall–Kier alpha value is -1.85. The molecule has 0 aliphatic heterocycles. The van der Waals surface area contributed by atoms with Crippen LogP contribution in [0.2, 0.25) is 0 Å². The Kier molecular flexibility index (Phi) is 6.62. The molecule has 1 heterocycles. The van der Waals surface area contributed by atoms with E-state index in [0.717, 1.165) is 20.7 Å². The van der Waals surface area contributed by atoms with Crippen LogP contribution in [-0.4, -0.2) is 50.2 Å². The third-order valence-electron chi connectivity index (χ3n) is 2.97. The Labute approximate surface area is 154 Å². The summed E-state index contributed by atoms with van der Waals surface area (Å²) in [5.74, 6) is 0.948. The van der Waals surface area contributed by atoms with Crippen molar-refractivity contribution in [3.05, 3.63) is 24.3 Å². The standard InChI is InChI=1S/C14H18N4O4S3/c1-4-23-14-17-16-13(24-14)15-12(19)9-18(25(3,20)21)10-5-7-11(22-2)8-6-10/h5-8H,4,9H2,1-3H3,(H,15,16,19). The minimum atomic E-state index is -3.63. The van der Waals surface area contributed by atoms with Gasteiger partial charge in [0.05, 0.1) is 19.1 Å². The number of aromatic nitrogens is 2. The Balaban J connectivity index is 2.11. The van der Waals surface area contributed by atoms with Crippen molar-refractivity contribution in [2.75, 3.05) is 35.3 Å². The average Bonchev–Trinajstić information content (AvgIpc) is 2.99. The van der Waals surface area contributed by atoms with E-state index in [1.54, 1.807) is 24.3 Å². The van der Waals surface area contributed by atoms with Gasteiger partial charge in [-0.1, -0.05) is 30.0 Å². The third kappa shape index (κ3) is 5.58. The van der Waals surface area contributed by atoms with Gasteiger partial charge in [0.1, 0.15) is 12.3 Å². The molecule has 136 valence electrons. The summed E-state index contributed by atoms with van der Waals surface area (Å²) in [6.45, 7) is 1.63. The van der Waals surface area contributed by atoms with Gasteiger partial charge in [-0.15, -0.1) is 10.2 Å². The van der Waals surface area contributed by atoms with E-state index in [4.69, 9.17) is 4.74 Å². The Bertz CT molecular complexity index is 821. The number of benzene rings is 1. The lowest BCUT2D eigenvalue weighted by molar-refractivity contribution is -0.114. The maximum Gasteiger partial charge on any atom is 0.246 e. The maximum atomic E-state index is 12.2. The van der Waals surface area contributed by atoms with Crippen LogP contribution in [-0.2, 0) is 14.8 Å². The van der Waals surface area contributed by atoms with Gasteiger partial charge < -0.3 is 4.74 Å². The summed E-state index contributed by atoms with van der Waals surface area (Å²) in [5.41, 5.74) is 0.373. The second kappa shape index (κ2) is 8.50. The summed E-state index contributed by atoms with van der Waals surface area (Å²) in [6.07, 6.45) is 1.05. The first-order chi connectivity index (χ1) is 11.8. The SMILES string of the molecule is CCSc1nnc(NC(=O)CN(c2ccc(OC)cc2)S(C)(=O)=O)s1. The van der Waals surface area contributed by atoms with Gasteiger partial charge in [-0.05, 0) is 30.0 Å². The molecule has 2 rings (SSSR count). The number of hydrogen-bond acceptors (Lipinski definition) is 8. The number of nitrogens with one attached hydrogen (secondary N) is 1. The highest BCUT2D eigenvalue weighted by Crippen LogP contribution is 2.25. The molecule has 0 saturated carbocycles. The number of methoxy groups -OCH3 is 1. The van der Waals surface area contributed by atoms with Crippen molar-refractivity contribution in [1.29, 1.82) is 0 Å². The molecule has 1 N–H and O–H groups in total. The molecular formula is C14H18N4O4S3. The minimum absolute atomic E-state index is 0.337. The first-order valence-corrected chi connectivity index (χ1v) is 10.9. The van der Waals surface area contributed by atoms with Crippen LogP contribution in [0, 0.1) is 0 Å². The summed E-state index contributed by atoms with van der Waals surface area (Å²) in [7, 11) is -2.12. The Morgan fingerprint density at radius 3 is 2.56 bits per heavy atom. The third-order valence-corrected chi connectivity index (χ3v) is 5.96. The zero-order valence-corrected chi connectivity index (χ0v) is 16.4. The van der Waals surface area contributed by atoms with Gasteiger partial charge in [0.25, 0.3) is 0 Å². The second-order valence-electron chi connectivity index (χ2n) is 4.82. The lowest BCUT2D eigenvalue weighted by Crippen LogP contribution is -2.37. The topological polar surface area (TPSA) is 101 Å². The normalized spacial score (nSPS) is 11.2. The summed E-state index contributed by atoms with van der Waals surface area (Å²) < 4.78 is 30.9. The molecule has 1 aromatic heterocycles. The second-order valence-corrected chi connectivity index (χ2v) is 9.22. The van der Waals surface area contributed by atoms with Crippen LogP contribution in [0.15, 0.2) is 28.6 Å². The van der Waals surface area contributed by atoms with Crippen molar-refractivity contribution in [2.45, 2.75) is 11.3 Å². The van der Waals surface area contributed by atoms with Gasteiger partial charge in [-0.2, -0.15) is 0 Å². The monoisotopic (exact) mass is 402 g/mol. The molecule has 0 saturated heterocycles. The lowest BCUT2D eigenvalue weighted by atomic mass is 10.3. The summed E-state index contributed by atoms with van der Waals surface area (Å²) >= 11 is 2.76. The van der Waals surface area contributed by atoms with E-state index in [2.05, 4.69) is 15.5 Å². The molecule has 0 atom stereocenters. The summed E-state index contributed by atoms with van der Waals surface area (Å²) in [6, 6.07) is 6.41. The van der Waals surface area contributed by atoms with Crippen molar-refractivity contribution >= 4 is 49.8 Å². The maximum absolute atomic E-state index is 12.2. The van der Waals surface area contributed by atoms with Crippen LogP contribution in [0.3, 0.4) is 0 Å². The zero-order valence-electron chi connectivity index (χ0n) is 13.9. The molecule has 0 fully saturated rings. The van der Waals surface area contributed by atoms with Gasteiger partial charge in [0, 0.05) is 0 Å². The quantitative estimate of drug-likeness (QED) is 0.533. The molecule has 0 spiro atoms. The van der Waals surface area contributed by atoms with E-state index in [9.17, 15) is 13.2 Å². The number of carbonyl (C=O) groups is 1. The van der Waals surface area contributed by atoms with E-state index >= 15 is 0 Å². The van der Waals surface area contributed by atoms with Gasteiger partial charge in [-0.3, -0.25) is 14.4 Å². The van der Waals surface area contributed by atoms with E-state index in [1.165, 1.54) is 30.2 Å². The number of amides is 1. The van der Waals surface area contributed by atoms with E-state index in [1.807, 2.05) is 6.92 Å². The smallest absolute Gasteiger partial charge is 0.246 e. The molecule has 0 unspecified atom stereocenters. The van der Waals surface area contributed by atoms with Crippen molar-refractivity contribution in [3.8, 4) is 5.75 Å². The molecule has 2 aromatic rings. The van der Waals surface area contributed by atoms with Crippen molar-refractivity contribution in [2.24, 2.45) is 0 Å². The molecule has 11 heteroatoms. The molecule has 0 aliphatic rings. The van der Waals surface area contributed by atoms with Crippen LogP contribution in [0.1, 0.15) is 6.92 Å². The summed E-state index contributed by atoms with van der Waals surface area (Å²) in [5, 5.41) is 10.7. The number of ether oxygens (including phenoxy) is 1. The number of anilines is 2. The molecular weight excluding hydrogens is 384 g/mol. The number of carbonyl (C=O) groups excluding carboxylic acids is 1. The van der Waals surface area contributed by atoms with Gasteiger partial charge in [0.15, 0.2) is 4.34 Å². The average molecular weight is 403 g/mol. The summed E-state index contributed by atoms with van der Waals surface area (Å²) in [4.78, 5) is 12.2. The largest absolute Gasteiger partial charge is 0.497 e. The predicted octanol–water partition coefficient (Wildman–Crippen LogP) is 2.06. The zero-order chi connectivity index (χ0) is 18.4. The molecule has 1 aromatic carbocycles. The predicted molar refractivity (Wildman–Crippen MR) is 100 cm³/mol. The fourth-order valence-electron chi connectivity index (χ4n) is 1.88. The first kappa shape index (κ1) is 19.5. The van der Waals surface area contributed by atoms with Crippen molar-refractivity contribution in [1.82, 2.24) is 10.2 Å². The van der Waals surface area contributed by atoms with Crippen LogP contribution in [0.25, 0.3) is 0 Å². The first-order valence-electron chi connectivity index (χ1n) is 7.21. The van der Waals surface area contributed by atoms with Gasteiger partial charge in [-0.25, -0.2) is 8.42 Å². The van der Waals surface area contributed by atoms with Crippen molar-refractivity contribution < 1.29 is 17.9 Å². The Morgan fingerprint density at radius 2 is 2.00 bits per heavy atom. The highest BCUT2D eigenvalue weighted by molar-refractivity contribution is 8.01. The molecule has 0 bridgehead atoms. The molecule has 25 heavy (non-hydrogen) atoms. The minimum Gasteiger partial charge on any atom is -0.497 e. The lowest BCUT2D eigenvalue weighted by Gasteiger charge is -2.21. The van der Waals surface area contributed by atoms with Crippen LogP contribution >= 0.6 is 23.1 Å². The van der Waals surface area contributed by atoms with Gasteiger partial charge in [0.2, 0.25) is 21.1 Å². The van der Waals surface area contributed by atoms with Crippen LogP contribution < -0.4 is 14.4 Å². The molecule has 0 aliphatic carbocycles. The number of nitrogens with zero attached hydrogens (tertiary/aromatic N) is 3. The fraction of sp³-hybridized carbons (Fsp3) is 0.357. The van der Waals surface area contributed by atoms with Crippen molar-refractivity contribution in [3.63, 3.8) is 0 Å². The number of rotatable bonds is 8. The van der Waals surface area contributed by atoms with E-state index in [0.29, 0.717) is 16.6 Å². The molecule has 0 radical (unpaired) electrons.